The van der Waals surface area contributed by atoms with Crippen LogP contribution in [0.2, 0.25) is 5.02 Å². The van der Waals surface area contributed by atoms with E-state index in [0.717, 1.165) is 5.56 Å². The Balaban J connectivity index is 1.51. The average molecular weight is 527 g/mol. The number of hydrogen-bond acceptors (Lipinski definition) is 3. The molecule has 1 atom stereocenters. The average Bonchev–Trinajstić information content (AvgIpc) is 3.24. The van der Waals surface area contributed by atoms with Gasteiger partial charge in [0.2, 0.25) is 5.91 Å². The predicted octanol–water partition coefficient (Wildman–Crippen LogP) is 6.57. The molecule has 1 aliphatic rings. The molecule has 2 aromatic carbocycles. The molecule has 1 aromatic heterocycles. The highest BCUT2D eigenvalue weighted by Crippen LogP contribution is 2.42. The molecule has 4 nitrogen and oxygen atoms in total. The maximum Gasteiger partial charge on any atom is 0.416 e. The van der Waals surface area contributed by atoms with Gasteiger partial charge in [0.05, 0.1) is 22.7 Å². The van der Waals surface area contributed by atoms with Crippen molar-refractivity contribution >= 4 is 23.6 Å². The molecule has 0 saturated carbocycles. The Morgan fingerprint density at radius 3 is 2.33 bits per heavy atom. The van der Waals surface area contributed by atoms with Crippen LogP contribution < -0.4 is 10.1 Å². The fourth-order valence-electron chi connectivity index (χ4n) is 3.71. The minimum Gasteiger partial charge on any atom is -0.486 e. The van der Waals surface area contributed by atoms with E-state index in [9.17, 15) is 31.1 Å². The van der Waals surface area contributed by atoms with E-state index < -0.39 is 29.6 Å². The van der Waals surface area contributed by atoms with Gasteiger partial charge in [-0.15, -0.1) is 0 Å². The summed E-state index contributed by atoms with van der Waals surface area (Å²) in [5, 5.41) is 2.72. The van der Waals surface area contributed by atoms with Crippen LogP contribution in [0.15, 0.2) is 60.9 Å². The Morgan fingerprint density at radius 2 is 1.72 bits per heavy atom. The van der Waals surface area contributed by atoms with Gasteiger partial charge in [-0.1, -0.05) is 17.7 Å². The zero-order valence-corrected chi connectivity index (χ0v) is 19.0. The molecule has 1 unspecified atom stereocenters. The summed E-state index contributed by atoms with van der Waals surface area (Å²) in [5.74, 6) is -0.109. The minimum atomic E-state index is -4.96. The third-order valence-corrected chi connectivity index (χ3v) is 5.67. The largest absolute Gasteiger partial charge is 0.486 e. The van der Waals surface area contributed by atoms with Gasteiger partial charge < -0.3 is 10.1 Å². The van der Waals surface area contributed by atoms with Gasteiger partial charge in [0.1, 0.15) is 11.9 Å². The Morgan fingerprint density at radius 1 is 1.06 bits per heavy atom. The fraction of sp³-hybridized carbons (Fsp3) is 0.200. The SMILES string of the molecule is O=C(/C=C/c1cccnc1)NCC1Cc2cc(-c3cc(C(F)(F)F)cc(C(F)(F)F)c3)cc(Cl)c2O1. The first-order chi connectivity index (χ1) is 16.9. The molecule has 0 saturated heterocycles. The second-order valence-electron chi connectivity index (χ2n) is 8.05. The number of amides is 1. The van der Waals surface area contributed by atoms with E-state index in [0.29, 0.717) is 17.7 Å². The number of carbonyl (C=O) groups excluding carboxylic acids is 1. The molecular formula is C25H17ClF6N2O2. The molecule has 1 aliphatic heterocycles. The number of halogens is 7. The minimum absolute atomic E-state index is 0.0405. The second kappa shape index (κ2) is 9.85. The number of nitrogens with one attached hydrogen (secondary N) is 1. The first kappa shape index (κ1) is 25.6. The molecule has 3 aromatic rings. The highest BCUT2D eigenvalue weighted by Gasteiger charge is 2.37. The van der Waals surface area contributed by atoms with E-state index in [1.54, 1.807) is 30.6 Å². The van der Waals surface area contributed by atoms with Gasteiger partial charge in [0.25, 0.3) is 0 Å². The summed E-state index contributed by atoms with van der Waals surface area (Å²) in [7, 11) is 0. The van der Waals surface area contributed by atoms with E-state index in [1.807, 2.05) is 0 Å². The number of benzene rings is 2. The third-order valence-electron chi connectivity index (χ3n) is 5.39. The van der Waals surface area contributed by atoms with Crippen LogP contribution in [0.5, 0.6) is 5.75 Å². The second-order valence-corrected chi connectivity index (χ2v) is 8.46. The first-order valence-corrected chi connectivity index (χ1v) is 10.9. The Kier molecular flexibility index (Phi) is 6.99. The molecule has 4 rings (SSSR count). The summed E-state index contributed by atoms with van der Waals surface area (Å²) in [5.41, 5.74) is -1.78. The Hall–Kier alpha value is -3.53. The molecule has 0 spiro atoms. The topological polar surface area (TPSA) is 51.2 Å². The monoisotopic (exact) mass is 526 g/mol. The maximum atomic E-state index is 13.2. The number of aromatic nitrogens is 1. The van der Waals surface area contributed by atoms with Crippen LogP contribution in [0.1, 0.15) is 22.3 Å². The number of pyridine rings is 1. The van der Waals surface area contributed by atoms with Gasteiger partial charge in [0, 0.05) is 30.5 Å². The van der Waals surface area contributed by atoms with Crippen molar-refractivity contribution in [1.82, 2.24) is 10.3 Å². The van der Waals surface area contributed by atoms with E-state index in [4.69, 9.17) is 16.3 Å². The van der Waals surface area contributed by atoms with Crippen molar-refractivity contribution in [2.75, 3.05) is 6.54 Å². The molecule has 1 amide bonds. The zero-order valence-electron chi connectivity index (χ0n) is 18.3. The number of hydrogen-bond donors (Lipinski definition) is 1. The van der Waals surface area contributed by atoms with Gasteiger partial charge >= 0.3 is 12.4 Å². The fourth-order valence-corrected chi connectivity index (χ4v) is 3.99. The molecule has 0 radical (unpaired) electrons. The van der Waals surface area contributed by atoms with Crippen molar-refractivity contribution in [2.45, 2.75) is 24.9 Å². The van der Waals surface area contributed by atoms with Crippen molar-refractivity contribution < 1.29 is 35.9 Å². The van der Waals surface area contributed by atoms with Crippen molar-refractivity contribution in [1.29, 1.82) is 0 Å². The van der Waals surface area contributed by atoms with Gasteiger partial charge in [-0.05, 0) is 59.2 Å². The molecular weight excluding hydrogens is 510 g/mol. The van der Waals surface area contributed by atoms with E-state index in [1.165, 1.54) is 18.2 Å². The Bertz CT molecular complexity index is 1270. The smallest absolute Gasteiger partial charge is 0.416 e. The van der Waals surface area contributed by atoms with Crippen LogP contribution in [0.25, 0.3) is 17.2 Å². The number of fused-ring (bicyclic) bond motifs is 1. The summed E-state index contributed by atoms with van der Waals surface area (Å²) < 4.78 is 85.2. The van der Waals surface area contributed by atoms with Gasteiger partial charge in [-0.2, -0.15) is 26.3 Å². The lowest BCUT2D eigenvalue weighted by Gasteiger charge is -2.15. The lowest BCUT2D eigenvalue weighted by atomic mass is 9.96. The van der Waals surface area contributed by atoms with Crippen molar-refractivity contribution in [3.63, 3.8) is 0 Å². The van der Waals surface area contributed by atoms with Gasteiger partial charge in [-0.3, -0.25) is 9.78 Å². The van der Waals surface area contributed by atoms with Crippen LogP contribution >= 0.6 is 11.6 Å². The van der Waals surface area contributed by atoms with Crippen LogP contribution in [0.3, 0.4) is 0 Å². The molecule has 36 heavy (non-hydrogen) atoms. The molecule has 0 bridgehead atoms. The summed E-state index contributed by atoms with van der Waals surface area (Å²) in [4.78, 5) is 16.0. The van der Waals surface area contributed by atoms with E-state index in [2.05, 4.69) is 10.3 Å². The third kappa shape index (κ3) is 5.99. The number of carbonyl (C=O) groups is 1. The van der Waals surface area contributed by atoms with Crippen LogP contribution in [0.4, 0.5) is 26.3 Å². The quantitative estimate of drug-likeness (QED) is 0.302. The molecule has 0 fully saturated rings. The summed E-state index contributed by atoms with van der Waals surface area (Å²) in [6.45, 7) is 0.109. The Labute approximate surface area is 206 Å². The number of ether oxygens (including phenoxy) is 1. The molecule has 11 heteroatoms. The van der Waals surface area contributed by atoms with Crippen LogP contribution in [0, 0.1) is 0 Å². The van der Waals surface area contributed by atoms with Crippen molar-refractivity contribution in [3.05, 3.63) is 88.2 Å². The predicted molar refractivity (Wildman–Crippen MR) is 121 cm³/mol. The standard InChI is InChI=1S/C25H17ClF6N2O2/c26-21-10-15(16-7-18(24(27,28)29)11-19(8-16)25(30,31)32)6-17-9-20(36-23(17)21)13-34-22(35)4-3-14-2-1-5-33-12-14/h1-8,10-12,20H,9,13H2,(H,34,35)/b4-3+. The summed E-state index contributed by atoms with van der Waals surface area (Å²) in [6, 6.07) is 7.57. The zero-order chi connectivity index (χ0) is 26.1. The molecule has 0 aliphatic carbocycles. The summed E-state index contributed by atoms with van der Waals surface area (Å²) >= 11 is 6.26. The number of rotatable bonds is 5. The van der Waals surface area contributed by atoms with Crippen molar-refractivity contribution in [2.24, 2.45) is 0 Å². The lowest BCUT2D eigenvalue weighted by molar-refractivity contribution is -0.143. The normalized spacial score (nSPS) is 15.6. The lowest BCUT2D eigenvalue weighted by Crippen LogP contribution is -2.33. The molecule has 2 heterocycles. The van der Waals surface area contributed by atoms with Crippen LogP contribution in [-0.2, 0) is 23.6 Å². The highest BCUT2D eigenvalue weighted by atomic mass is 35.5. The van der Waals surface area contributed by atoms with Crippen molar-refractivity contribution in [3.8, 4) is 16.9 Å². The summed E-state index contributed by atoms with van der Waals surface area (Å²) in [6.07, 6.45) is -4.09. The molecule has 188 valence electrons. The first-order valence-electron chi connectivity index (χ1n) is 10.5. The van der Waals surface area contributed by atoms with E-state index >= 15 is 0 Å². The maximum absolute atomic E-state index is 13.2. The molecule has 1 N–H and O–H groups in total. The van der Waals surface area contributed by atoms with E-state index in [-0.39, 0.29) is 46.8 Å². The van der Waals surface area contributed by atoms with Gasteiger partial charge in [-0.25, -0.2) is 0 Å². The van der Waals surface area contributed by atoms with Crippen LogP contribution in [-0.4, -0.2) is 23.5 Å². The van der Waals surface area contributed by atoms with Gasteiger partial charge in [0.15, 0.2) is 0 Å². The highest BCUT2D eigenvalue weighted by molar-refractivity contribution is 6.32. The number of alkyl halides is 6. The number of nitrogens with zero attached hydrogens (tertiary/aromatic N) is 1.